The maximum Gasteiger partial charge on any atom is 0.253 e. The summed E-state index contributed by atoms with van der Waals surface area (Å²) in [6, 6.07) is 4.56. The van der Waals surface area contributed by atoms with Crippen LogP contribution in [0.25, 0.3) is 0 Å². The fourth-order valence-corrected chi connectivity index (χ4v) is 2.40. The fraction of sp³-hybridized carbons (Fsp3) is 0.417. The van der Waals surface area contributed by atoms with Crippen molar-refractivity contribution < 1.29 is 9.90 Å². The SMILES string of the molecule is O=C(NC1CCCC1O)c1cc(Cl)ccc1Cl. The molecule has 0 heterocycles. The average Bonchev–Trinajstić information content (AvgIpc) is 2.68. The van der Waals surface area contributed by atoms with Gasteiger partial charge in [-0.15, -0.1) is 0 Å². The van der Waals surface area contributed by atoms with E-state index in [0.29, 0.717) is 15.6 Å². The van der Waals surface area contributed by atoms with Gasteiger partial charge in [-0.25, -0.2) is 0 Å². The Morgan fingerprint density at radius 1 is 1.35 bits per heavy atom. The van der Waals surface area contributed by atoms with Crippen molar-refractivity contribution in [3.8, 4) is 0 Å². The number of benzene rings is 1. The minimum atomic E-state index is -0.461. The number of rotatable bonds is 2. The van der Waals surface area contributed by atoms with Crippen molar-refractivity contribution >= 4 is 29.1 Å². The summed E-state index contributed by atoms with van der Waals surface area (Å²) in [5, 5.41) is 13.2. The van der Waals surface area contributed by atoms with Crippen LogP contribution in [0.2, 0.25) is 10.0 Å². The van der Waals surface area contributed by atoms with Crippen LogP contribution in [-0.2, 0) is 0 Å². The second-order valence-corrected chi connectivity index (χ2v) is 5.05. The predicted octanol–water partition coefficient (Wildman–Crippen LogP) is 2.64. The van der Waals surface area contributed by atoms with Gasteiger partial charge >= 0.3 is 0 Å². The quantitative estimate of drug-likeness (QED) is 0.871. The summed E-state index contributed by atoms with van der Waals surface area (Å²) in [5.74, 6) is -0.288. The highest BCUT2D eigenvalue weighted by Crippen LogP contribution is 2.23. The van der Waals surface area contributed by atoms with Crippen LogP contribution in [0, 0.1) is 0 Å². The first kappa shape index (κ1) is 12.7. The van der Waals surface area contributed by atoms with Gasteiger partial charge in [-0.2, -0.15) is 0 Å². The van der Waals surface area contributed by atoms with Crippen molar-refractivity contribution in [2.24, 2.45) is 0 Å². The van der Waals surface area contributed by atoms with E-state index in [9.17, 15) is 9.90 Å². The molecule has 92 valence electrons. The Morgan fingerprint density at radius 2 is 2.12 bits per heavy atom. The van der Waals surface area contributed by atoms with Crippen molar-refractivity contribution in [2.75, 3.05) is 0 Å². The normalized spacial score (nSPS) is 23.7. The lowest BCUT2D eigenvalue weighted by atomic mass is 10.1. The molecule has 0 spiro atoms. The lowest BCUT2D eigenvalue weighted by molar-refractivity contribution is 0.0873. The second-order valence-electron chi connectivity index (χ2n) is 4.20. The molecule has 1 aromatic carbocycles. The number of carbonyl (C=O) groups is 1. The maximum atomic E-state index is 12.0. The van der Waals surface area contributed by atoms with Gasteiger partial charge in [0.15, 0.2) is 0 Å². The summed E-state index contributed by atoms with van der Waals surface area (Å²) in [7, 11) is 0. The van der Waals surface area contributed by atoms with Gasteiger partial charge in [0.25, 0.3) is 5.91 Å². The summed E-state index contributed by atoms with van der Waals surface area (Å²) in [6.07, 6.45) is 1.99. The Kier molecular flexibility index (Phi) is 3.92. The first-order valence-electron chi connectivity index (χ1n) is 5.52. The van der Waals surface area contributed by atoms with E-state index in [4.69, 9.17) is 23.2 Å². The molecule has 2 atom stereocenters. The number of hydrogen-bond donors (Lipinski definition) is 2. The molecule has 0 radical (unpaired) electrons. The van der Waals surface area contributed by atoms with Gasteiger partial charge in [0.1, 0.15) is 0 Å². The van der Waals surface area contributed by atoms with Crippen LogP contribution in [-0.4, -0.2) is 23.2 Å². The van der Waals surface area contributed by atoms with E-state index in [1.54, 1.807) is 12.1 Å². The number of hydrogen-bond acceptors (Lipinski definition) is 2. The maximum absolute atomic E-state index is 12.0. The van der Waals surface area contributed by atoms with Gasteiger partial charge in [0, 0.05) is 5.02 Å². The van der Waals surface area contributed by atoms with Gasteiger partial charge < -0.3 is 10.4 Å². The minimum absolute atomic E-state index is 0.183. The highest BCUT2D eigenvalue weighted by Gasteiger charge is 2.27. The lowest BCUT2D eigenvalue weighted by Gasteiger charge is -2.16. The van der Waals surface area contributed by atoms with Crippen LogP contribution in [0.3, 0.4) is 0 Å². The zero-order valence-electron chi connectivity index (χ0n) is 9.12. The van der Waals surface area contributed by atoms with E-state index in [0.717, 1.165) is 19.3 Å². The number of carbonyl (C=O) groups excluding carboxylic acids is 1. The van der Waals surface area contributed by atoms with Crippen molar-refractivity contribution in [1.82, 2.24) is 5.32 Å². The third-order valence-electron chi connectivity index (χ3n) is 2.97. The molecule has 1 aromatic rings. The van der Waals surface area contributed by atoms with Crippen molar-refractivity contribution in [3.05, 3.63) is 33.8 Å². The van der Waals surface area contributed by atoms with Crippen LogP contribution in [0.15, 0.2) is 18.2 Å². The molecule has 17 heavy (non-hydrogen) atoms. The Balaban J connectivity index is 2.11. The largest absolute Gasteiger partial charge is 0.391 e. The zero-order valence-corrected chi connectivity index (χ0v) is 10.6. The first-order valence-corrected chi connectivity index (χ1v) is 6.27. The summed E-state index contributed by atoms with van der Waals surface area (Å²) < 4.78 is 0. The summed E-state index contributed by atoms with van der Waals surface area (Å²) in [5.41, 5.74) is 0.346. The summed E-state index contributed by atoms with van der Waals surface area (Å²) >= 11 is 11.7. The van der Waals surface area contributed by atoms with Gasteiger partial charge in [-0.05, 0) is 37.5 Å². The number of nitrogens with one attached hydrogen (secondary N) is 1. The molecule has 0 aromatic heterocycles. The van der Waals surface area contributed by atoms with Crippen LogP contribution >= 0.6 is 23.2 Å². The van der Waals surface area contributed by atoms with E-state index in [-0.39, 0.29) is 11.9 Å². The summed E-state index contributed by atoms with van der Waals surface area (Å²) in [4.78, 5) is 12.0. The monoisotopic (exact) mass is 273 g/mol. The summed E-state index contributed by atoms with van der Waals surface area (Å²) in [6.45, 7) is 0. The molecular weight excluding hydrogens is 261 g/mol. The van der Waals surface area contributed by atoms with Gasteiger partial charge in [-0.1, -0.05) is 23.2 Å². The number of aliphatic hydroxyl groups excluding tert-OH is 1. The number of aliphatic hydroxyl groups is 1. The molecular formula is C12H13Cl2NO2. The van der Waals surface area contributed by atoms with Crippen molar-refractivity contribution in [3.63, 3.8) is 0 Å². The standard InChI is InChI=1S/C12H13Cl2NO2/c13-7-4-5-9(14)8(6-7)12(17)15-10-2-1-3-11(10)16/h4-6,10-11,16H,1-3H2,(H,15,17). The molecule has 5 heteroatoms. The highest BCUT2D eigenvalue weighted by molar-refractivity contribution is 6.35. The number of halogens is 2. The topological polar surface area (TPSA) is 49.3 Å². The Morgan fingerprint density at radius 3 is 2.76 bits per heavy atom. The zero-order chi connectivity index (χ0) is 12.4. The van der Waals surface area contributed by atoms with Crippen LogP contribution < -0.4 is 5.32 Å². The van der Waals surface area contributed by atoms with Crippen molar-refractivity contribution in [2.45, 2.75) is 31.4 Å². The molecule has 0 aliphatic heterocycles. The van der Waals surface area contributed by atoms with E-state index >= 15 is 0 Å². The lowest BCUT2D eigenvalue weighted by Crippen LogP contribution is -2.39. The second kappa shape index (κ2) is 5.25. The van der Waals surface area contributed by atoms with E-state index in [1.165, 1.54) is 6.07 Å². The van der Waals surface area contributed by atoms with Crippen LogP contribution in [0.1, 0.15) is 29.6 Å². The molecule has 1 saturated carbocycles. The minimum Gasteiger partial charge on any atom is -0.391 e. The average molecular weight is 274 g/mol. The van der Waals surface area contributed by atoms with Gasteiger partial charge in [0.05, 0.1) is 22.7 Å². The highest BCUT2D eigenvalue weighted by atomic mass is 35.5. The molecule has 2 unspecified atom stereocenters. The third kappa shape index (κ3) is 2.92. The van der Waals surface area contributed by atoms with E-state index in [2.05, 4.69) is 5.32 Å². The molecule has 1 aliphatic rings. The Bertz CT molecular complexity index is 437. The van der Waals surface area contributed by atoms with E-state index in [1.807, 2.05) is 0 Å². The first-order chi connectivity index (χ1) is 8.08. The molecule has 1 amide bonds. The smallest absolute Gasteiger partial charge is 0.253 e. The molecule has 1 fully saturated rings. The Labute approximate surface area is 110 Å². The number of amides is 1. The van der Waals surface area contributed by atoms with E-state index < -0.39 is 6.10 Å². The molecule has 0 bridgehead atoms. The van der Waals surface area contributed by atoms with Crippen molar-refractivity contribution in [1.29, 1.82) is 0 Å². The molecule has 2 N–H and O–H groups in total. The van der Waals surface area contributed by atoms with Gasteiger partial charge in [0.2, 0.25) is 0 Å². The molecule has 3 nitrogen and oxygen atoms in total. The molecule has 2 rings (SSSR count). The third-order valence-corrected chi connectivity index (χ3v) is 3.53. The predicted molar refractivity (Wildman–Crippen MR) is 67.6 cm³/mol. The Hall–Kier alpha value is -0.770. The molecule has 0 saturated heterocycles. The fourth-order valence-electron chi connectivity index (χ4n) is 2.03. The molecule has 1 aliphatic carbocycles. The van der Waals surface area contributed by atoms with Crippen LogP contribution in [0.4, 0.5) is 0 Å². The van der Waals surface area contributed by atoms with Crippen LogP contribution in [0.5, 0.6) is 0 Å². The van der Waals surface area contributed by atoms with Gasteiger partial charge in [-0.3, -0.25) is 4.79 Å².